The summed E-state index contributed by atoms with van der Waals surface area (Å²) < 4.78 is 5.79. The number of carbonyl (C=O) groups is 1. The van der Waals surface area contributed by atoms with Crippen molar-refractivity contribution in [3.05, 3.63) is 90.0 Å². The summed E-state index contributed by atoms with van der Waals surface area (Å²) in [6.07, 6.45) is -0.252. The number of nitrogens with one attached hydrogen (secondary N) is 2. The molecular weight excluding hydrogens is 300 g/mol. The molecular formula is C20H16N2O2. The van der Waals surface area contributed by atoms with E-state index < -0.39 is 0 Å². The number of anilines is 1. The van der Waals surface area contributed by atoms with Gasteiger partial charge in [0.15, 0.2) is 0 Å². The lowest BCUT2D eigenvalue weighted by atomic mass is 10.1. The van der Waals surface area contributed by atoms with Gasteiger partial charge >= 0.3 is 0 Å². The van der Waals surface area contributed by atoms with E-state index >= 15 is 0 Å². The number of fused-ring (bicyclic) bond motifs is 1. The fraction of sp³-hybridized carbons (Fsp3) is 0.0500. The Morgan fingerprint density at radius 2 is 1.38 bits per heavy atom. The Morgan fingerprint density at radius 1 is 0.708 bits per heavy atom. The van der Waals surface area contributed by atoms with Crippen molar-refractivity contribution >= 4 is 11.6 Å². The average molecular weight is 316 g/mol. The fourth-order valence-corrected chi connectivity index (χ4v) is 2.73. The van der Waals surface area contributed by atoms with Crippen molar-refractivity contribution in [2.45, 2.75) is 6.17 Å². The topological polar surface area (TPSA) is 50.4 Å². The van der Waals surface area contributed by atoms with Crippen molar-refractivity contribution in [2.75, 3.05) is 5.32 Å². The van der Waals surface area contributed by atoms with Crippen LogP contribution in [-0.4, -0.2) is 5.91 Å². The Kier molecular flexibility index (Phi) is 3.63. The molecule has 0 saturated carbocycles. The number of hydrogen-bond donors (Lipinski definition) is 2. The second-order valence-electron chi connectivity index (χ2n) is 5.58. The minimum atomic E-state index is -0.252. The van der Waals surface area contributed by atoms with Crippen LogP contribution < -0.4 is 15.4 Å². The highest BCUT2D eigenvalue weighted by atomic mass is 16.5. The number of benzene rings is 3. The van der Waals surface area contributed by atoms with Gasteiger partial charge in [-0.25, -0.2) is 0 Å². The maximum absolute atomic E-state index is 12.2. The van der Waals surface area contributed by atoms with Crippen molar-refractivity contribution in [3.63, 3.8) is 0 Å². The largest absolute Gasteiger partial charge is 0.457 e. The standard InChI is InChI=1S/C20H16N2O2/c23-20-17-8-4-5-9-18(17)21-19(22-20)14-10-12-16(13-11-14)24-15-6-2-1-3-7-15/h1-13,19,21H,(H,22,23)/t19-/m1/s1. The maximum Gasteiger partial charge on any atom is 0.255 e. The van der Waals surface area contributed by atoms with E-state index in [4.69, 9.17) is 4.74 Å². The Bertz CT molecular complexity index is 860. The molecule has 1 aliphatic rings. The molecule has 4 nitrogen and oxygen atoms in total. The van der Waals surface area contributed by atoms with Crippen molar-refractivity contribution in [3.8, 4) is 11.5 Å². The third-order valence-electron chi connectivity index (χ3n) is 3.94. The Labute approximate surface area is 140 Å². The number of ether oxygens (including phenoxy) is 1. The third-order valence-corrected chi connectivity index (χ3v) is 3.94. The normalized spacial score (nSPS) is 15.8. The third kappa shape index (κ3) is 2.82. The van der Waals surface area contributed by atoms with E-state index in [9.17, 15) is 4.79 Å². The van der Waals surface area contributed by atoms with Gasteiger partial charge in [0, 0.05) is 5.69 Å². The van der Waals surface area contributed by atoms with Crippen LogP contribution in [0.5, 0.6) is 11.5 Å². The molecule has 0 aromatic heterocycles. The van der Waals surface area contributed by atoms with Gasteiger partial charge in [-0.2, -0.15) is 0 Å². The molecule has 1 atom stereocenters. The van der Waals surface area contributed by atoms with E-state index in [1.54, 1.807) is 0 Å². The van der Waals surface area contributed by atoms with Gasteiger partial charge < -0.3 is 15.4 Å². The van der Waals surface area contributed by atoms with Gasteiger partial charge in [0.25, 0.3) is 5.91 Å². The van der Waals surface area contributed by atoms with Gasteiger partial charge in [0.1, 0.15) is 17.7 Å². The van der Waals surface area contributed by atoms with Gasteiger partial charge in [-0.15, -0.1) is 0 Å². The highest BCUT2D eigenvalue weighted by Gasteiger charge is 2.23. The first-order valence-corrected chi connectivity index (χ1v) is 7.79. The molecule has 3 aromatic rings. The minimum Gasteiger partial charge on any atom is -0.457 e. The maximum atomic E-state index is 12.2. The van der Waals surface area contributed by atoms with Crippen LogP contribution >= 0.6 is 0 Å². The van der Waals surface area contributed by atoms with E-state index in [1.165, 1.54) is 0 Å². The molecule has 4 rings (SSSR count). The number of para-hydroxylation sites is 2. The molecule has 0 spiro atoms. The number of carbonyl (C=O) groups excluding carboxylic acids is 1. The van der Waals surface area contributed by atoms with Gasteiger partial charge in [-0.05, 0) is 42.0 Å². The first-order chi connectivity index (χ1) is 11.8. The van der Waals surface area contributed by atoms with Gasteiger partial charge in [-0.1, -0.05) is 42.5 Å². The second-order valence-corrected chi connectivity index (χ2v) is 5.58. The molecule has 0 aliphatic carbocycles. The summed E-state index contributed by atoms with van der Waals surface area (Å²) in [5.41, 5.74) is 2.48. The van der Waals surface area contributed by atoms with Crippen LogP contribution in [0.25, 0.3) is 0 Å². The first-order valence-electron chi connectivity index (χ1n) is 7.79. The van der Waals surface area contributed by atoms with Crippen LogP contribution in [0, 0.1) is 0 Å². The summed E-state index contributed by atoms with van der Waals surface area (Å²) >= 11 is 0. The van der Waals surface area contributed by atoms with E-state index in [1.807, 2.05) is 78.9 Å². The van der Waals surface area contributed by atoms with Gasteiger partial charge in [0.05, 0.1) is 5.56 Å². The smallest absolute Gasteiger partial charge is 0.255 e. The molecule has 0 bridgehead atoms. The van der Waals surface area contributed by atoms with Crippen molar-refractivity contribution in [1.29, 1.82) is 0 Å². The van der Waals surface area contributed by atoms with Crippen LogP contribution in [0.4, 0.5) is 5.69 Å². The van der Waals surface area contributed by atoms with Gasteiger partial charge in [-0.3, -0.25) is 4.79 Å². The molecule has 3 aromatic carbocycles. The summed E-state index contributed by atoms with van der Waals surface area (Å²) in [6, 6.07) is 24.8. The van der Waals surface area contributed by atoms with Crippen LogP contribution in [-0.2, 0) is 0 Å². The van der Waals surface area contributed by atoms with E-state index in [0.717, 1.165) is 22.7 Å². The summed E-state index contributed by atoms with van der Waals surface area (Å²) in [5.74, 6) is 1.48. The summed E-state index contributed by atoms with van der Waals surface area (Å²) in [7, 11) is 0. The number of amides is 1. The minimum absolute atomic E-state index is 0.0704. The van der Waals surface area contributed by atoms with Crippen LogP contribution in [0.15, 0.2) is 78.9 Å². The predicted octanol–water partition coefficient (Wildman–Crippen LogP) is 4.33. The quantitative estimate of drug-likeness (QED) is 0.756. The molecule has 0 radical (unpaired) electrons. The summed E-state index contributed by atoms with van der Waals surface area (Å²) in [4.78, 5) is 12.2. The van der Waals surface area contributed by atoms with Crippen molar-refractivity contribution < 1.29 is 9.53 Å². The predicted molar refractivity (Wildman–Crippen MR) is 93.2 cm³/mol. The fourth-order valence-electron chi connectivity index (χ4n) is 2.73. The SMILES string of the molecule is O=C1N[C@H](c2ccc(Oc3ccccc3)cc2)Nc2ccccc21. The van der Waals surface area contributed by atoms with E-state index in [-0.39, 0.29) is 12.1 Å². The zero-order valence-corrected chi connectivity index (χ0v) is 12.9. The zero-order chi connectivity index (χ0) is 16.4. The monoisotopic (exact) mass is 316 g/mol. The average Bonchev–Trinajstić information content (AvgIpc) is 2.63. The van der Waals surface area contributed by atoms with Crippen molar-refractivity contribution in [1.82, 2.24) is 5.32 Å². The highest BCUT2D eigenvalue weighted by Crippen LogP contribution is 2.28. The molecule has 4 heteroatoms. The zero-order valence-electron chi connectivity index (χ0n) is 12.9. The molecule has 0 fully saturated rings. The van der Waals surface area contributed by atoms with E-state index in [2.05, 4.69) is 10.6 Å². The highest BCUT2D eigenvalue weighted by molar-refractivity contribution is 6.01. The number of rotatable bonds is 3. The number of hydrogen-bond acceptors (Lipinski definition) is 3. The summed E-state index contributed by atoms with van der Waals surface area (Å²) in [6.45, 7) is 0. The second kappa shape index (κ2) is 6.08. The van der Waals surface area contributed by atoms with Crippen LogP contribution in [0.1, 0.15) is 22.1 Å². The van der Waals surface area contributed by atoms with Gasteiger partial charge in [0.2, 0.25) is 0 Å². The Hall–Kier alpha value is -3.27. The van der Waals surface area contributed by atoms with Crippen LogP contribution in [0.3, 0.4) is 0 Å². The molecule has 24 heavy (non-hydrogen) atoms. The molecule has 0 saturated heterocycles. The molecule has 118 valence electrons. The first kappa shape index (κ1) is 14.3. The lowest BCUT2D eigenvalue weighted by Crippen LogP contribution is -2.38. The molecule has 2 N–H and O–H groups in total. The lowest BCUT2D eigenvalue weighted by Gasteiger charge is -2.28. The molecule has 1 amide bonds. The molecule has 1 heterocycles. The Balaban J connectivity index is 1.53. The molecule has 1 aliphatic heterocycles. The Morgan fingerprint density at radius 3 is 2.17 bits per heavy atom. The molecule has 0 unspecified atom stereocenters. The van der Waals surface area contributed by atoms with Crippen molar-refractivity contribution in [2.24, 2.45) is 0 Å². The van der Waals surface area contributed by atoms with Crippen LogP contribution in [0.2, 0.25) is 0 Å². The summed E-state index contributed by atoms with van der Waals surface area (Å²) in [5, 5.41) is 6.31. The van der Waals surface area contributed by atoms with E-state index in [0.29, 0.717) is 5.56 Å². The lowest BCUT2D eigenvalue weighted by molar-refractivity contribution is 0.0935.